The lowest BCUT2D eigenvalue weighted by Gasteiger charge is -2.30. The van der Waals surface area contributed by atoms with E-state index >= 15 is 0 Å². The molecular formula is C10H24N2. The molecule has 3 N–H and O–H groups in total. The van der Waals surface area contributed by atoms with E-state index in [0.29, 0.717) is 12.0 Å². The Morgan fingerprint density at radius 3 is 2.08 bits per heavy atom. The van der Waals surface area contributed by atoms with Crippen molar-refractivity contribution in [1.29, 1.82) is 0 Å². The van der Waals surface area contributed by atoms with Crippen LogP contribution in [-0.2, 0) is 0 Å². The summed E-state index contributed by atoms with van der Waals surface area (Å²) in [6.45, 7) is 9.69. The molecule has 0 heterocycles. The highest BCUT2D eigenvalue weighted by atomic mass is 14.9. The zero-order valence-electron chi connectivity index (χ0n) is 9.15. The molecule has 0 aliphatic heterocycles. The fourth-order valence-corrected chi connectivity index (χ4v) is 1.35. The molecule has 0 spiro atoms. The molecule has 1 atom stereocenters. The van der Waals surface area contributed by atoms with Gasteiger partial charge in [0.2, 0.25) is 0 Å². The number of nitrogens with one attached hydrogen (secondary N) is 1. The number of rotatable bonds is 5. The second-order valence-corrected chi connectivity index (χ2v) is 4.71. The standard InChI is InChI=1S/C10H24N2/c1-8(2)9(12-5)6-10(3,4)7-11/h8-9,12H,6-7,11H2,1-5H3. The summed E-state index contributed by atoms with van der Waals surface area (Å²) in [6.07, 6.45) is 1.15. The van der Waals surface area contributed by atoms with Crippen molar-refractivity contribution in [2.45, 2.75) is 40.2 Å². The molecule has 0 aromatic carbocycles. The molecule has 0 bridgehead atoms. The summed E-state index contributed by atoms with van der Waals surface area (Å²) in [7, 11) is 2.03. The van der Waals surface area contributed by atoms with E-state index in [1.54, 1.807) is 0 Å². The minimum atomic E-state index is 0.262. The van der Waals surface area contributed by atoms with Crippen LogP contribution in [0, 0.1) is 11.3 Å². The molecule has 1 unspecified atom stereocenters. The van der Waals surface area contributed by atoms with E-state index in [0.717, 1.165) is 13.0 Å². The maximum atomic E-state index is 5.68. The number of nitrogens with two attached hydrogens (primary N) is 1. The minimum absolute atomic E-state index is 0.262. The van der Waals surface area contributed by atoms with E-state index in [9.17, 15) is 0 Å². The second kappa shape index (κ2) is 4.83. The third-order valence-corrected chi connectivity index (χ3v) is 2.50. The zero-order valence-corrected chi connectivity index (χ0v) is 9.15. The van der Waals surface area contributed by atoms with E-state index in [2.05, 4.69) is 33.0 Å². The van der Waals surface area contributed by atoms with Crippen LogP contribution in [-0.4, -0.2) is 19.6 Å². The summed E-state index contributed by atoms with van der Waals surface area (Å²) in [4.78, 5) is 0. The molecule has 2 heteroatoms. The highest BCUT2D eigenvalue weighted by Crippen LogP contribution is 2.23. The lowest BCUT2D eigenvalue weighted by molar-refractivity contribution is 0.259. The fourth-order valence-electron chi connectivity index (χ4n) is 1.35. The Kier molecular flexibility index (Phi) is 4.80. The summed E-state index contributed by atoms with van der Waals surface area (Å²) >= 11 is 0. The summed E-state index contributed by atoms with van der Waals surface area (Å²) in [6, 6.07) is 0.587. The predicted octanol–water partition coefficient (Wildman–Crippen LogP) is 1.61. The van der Waals surface area contributed by atoms with E-state index in [4.69, 9.17) is 5.73 Å². The zero-order chi connectivity index (χ0) is 9.78. The normalized spacial score (nSPS) is 15.2. The molecule has 0 aliphatic rings. The molecule has 0 rings (SSSR count). The molecule has 0 aliphatic carbocycles. The maximum absolute atomic E-state index is 5.68. The van der Waals surface area contributed by atoms with Gasteiger partial charge in [0.1, 0.15) is 0 Å². The molecular weight excluding hydrogens is 148 g/mol. The van der Waals surface area contributed by atoms with Crippen LogP contribution in [0.5, 0.6) is 0 Å². The van der Waals surface area contributed by atoms with Gasteiger partial charge in [-0.05, 0) is 31.3 Å². The van der Waals surface area contributed by atoms with Gasteiger partial charge in [0, 0.05) is 6.04 Å². The molecule has 0 saturated heterocycles. The van der Waals surface area contributed by atoms with Gasteiger partial charge in [0.05, 0.1) is 0 Å². The maximum Gasteiger partial charge on any atom is 0.00926 e. The van der Waals surface area contributed by atoms with Crippen molar-refractivity contribution < 1.29 is 0 Å². The SMILES string of the molecule is CNC(CC(C)(C)CN)C(C)C. The molecule has 74 valence electrons. The van der Waals surface area contributed by atoms with Crippen molar-refractivity contribution in [2.75, 3.05) is 13.6 Å². The Labute approximate surface area is 76.9 Å². The predicted molar refractivity (Wildman–Crippen MR) is 55.1 cm³/mol. The van der Waals surface area contributed by atoms with Crippen molar-refractivity contribution in [3.63, 3.8) is 0 Å². The second-order valence-electron chi connectivity index (χ2n) is 4.71. The van der Waals surface area contributed by atoms with Crippen LogP contribution < -0.4 is 11.1 Å². The number of hydrogen-bond donors (Lipinski definition) is 2. The summed E-state index contributed by atoms with van der Waals surface area (Å²) in [5.41, 5.74) is 5.94. The van der Waals surface area contributed by atoms with Crippen LogP contribution in [0.3, 0.4) is 0 Å². The van der Waals surface area contributed by atoms with E-state index in [1.807, 2.05) is 7.05 Å². The Morgan fingerprint density at radius 1 is 1.33 bits per heavy atom. The first-order valence-electron chi connectivity index (χ1n) is 4.80. The molecule has 0 saturated carbocycles. The van der Waals surface area contributed by atoms with Crippen LogP contribution in [0.1, 0.15) is 34.1 Å². The van der Waals surface area contributed by atoms with E-state index in [1.165, 1.54) is 0 Å². The Morgan fingerprint density at radius 2 is 1.83 bits per heavy atom. The van der Waals surface area contributed by atoms with Crippen LogP contribution in [0.25, 0.3) is 0 Å². The van der Waals surface area contributed by atoms with Crippen molar-refractivity contribution in [3.8, 4) is 0 Å². The molecule has 12 heavy (non-hydrogen) atoms. The summed E-state index contributed by atoms with van der Waals surface area (Å²) in [5.74, 6) is 0.681. The number of hydrogen-bond acceptors (Lipinski definition) is 2. The largest absolute Gasteiger partial charge is 0.330 e. The lowest BCUT2D eigenvalue weighted by Crippen LogP contribution is -2.38. The summed E-state index contributed by atoms with van der Waals surface area (Å²) in [5, 5.41) is 3.34. The molecule has 0 fully saturated rings. The highest BCUT2D eigenvalue weighted by molar-refractivity contribution is 4.79. The van der Waals surface area contributed by atoms with E-state index < -0.39 is 0 Å². The van der Waals surface area contributed by atoms with Gasteiger partial charge in [-0.15, -0.1) is 0 Å². The summed E-state index contributed by atoms with van der Waals surface area (Å²) < 4.78 is 0. The van der Waals surface area contributed by atoms with Gasteiger partial charge in [0.25, 0.3) is 0 Å². The van der Waals surface area contributed by atoms with Crippen LogP contribution in [0.2, 0.25) is 0 Å². The smallest absolute Gasteiger partial charge is 0.00926 e. The average Bonchev–Trinajstić information content (AvgIpc) is 2.00. The van der Waals surface area contributed by atoms with E-state index in [-0.39, 0.29) is 5.41 Å². The fraction of sp³-hybridized carbons (Fsp3) is 1.00. The van der Waals surface area contributed by atoms with Gasteiger partial charge in [-0.3, -0.25) is 0 Å². The van der Waals surface area contributed by atoms with Gasteiger partial charge in [0.15, 0.2) is 0 Å². The third kappa shape index (κ3) is 4.07. The average molecular weight is 172 g/mol. The molecule has 0 aromatic rings. The lowest BCUT2D eigenvalue weighted by atomic mass is 9.82. The van der Waals surface area contributed by atoms with Gasteiger partial charge in [-0.25, -0.2) is 0 Å². The quantitative estimate of drug-likeness (QED) is 0.661. The molecule has 2 nitrogen and oxygen atoms in total. The first-order valence-corrected chi connectivity index (χ1v) is 4.80. The van der Waals surface area contributed by atoms with Gasteiger partial charge in [-0.1, -0.05) is 27.7 Å². The molecule has 0 amide bonds. The monoisotopic (exact) mass is 172 g/mol. The first-order chi connectivity index (χ1) is 5.43. The van der Waals surface area contributed by atoms with Crippen molar-refractivity contribution in [1.82, 2.24) is 5.32 Å². The molecule has 0 aromatic heterocycles. The third-order valence-electron chi connectivity index (χ3n) is 2.50. The van der Waals surface area contributed by atoms with Crippen molar-refractivity contribution >= 4 is 0 Å². The highest BCUT2D eigenvalue weighted by Gasteiger charge is 2.22. The van der Waals surface area contributed by atoms with Crippen LogP contribution in [0.4, 0.5) is 0 Å². The van der Waals surface area contributed by atoms with Crippen molar-refractivity contribution in [2.24, 2.45) is 17.1 Å². The topological polar surface area (TPSA) is 38.0 Å². The van der Waals surface area contributed by atoms with Gasteiger partial charge in [-0.2, -0.15) is 0 Å². The first kappa shape index (κ1) is 11.9. The molecule has 0 radical (unpaired) electrons. The Balaban J connectivity index is 4.01. The Hall–Kier alpha value is -0.0800. The van der Waals surface area contributed by atoms with Crippen molar-refractivity contribution in [3.05, 3.63) is 0 Å². The van der Waals surface area contributed by atoms with Crippen LogP contribution >= 0.6 is 0 Å². The van der Waals surface area contributed by atoms with Gasteiger partial charge >= 0.3 is 0 Å². The minimum Gasteiger partial charge on any atom is -0.330 e. The van der Waals surface area contributed by atoms with Crippen LogP contribution in [0.15, 0.2) is 0 Å². The Bertz CT molecular complexity index is 119. The van der Waals surface area contributed by atoms with Gasteiger partial charge < -0.3 is 11.1 Å².